The third kappa shape index (κ3) is 6.12. The van der Waals surface area contributed by atoms with E-state index in [0.29, 0.717) is 0 Å². The van der Waals surface area contributed by atoms with Crippen LogP contribution in [0.5, 0.6) is 0 Å². The molecule has 0 aliphatic rings. The van der Waals surface area contributed by atoms with Gasteiger partial charge in [-0.25, -0.2) is 17.2 Å². The predicted molar refractivity (Wildman–Crippen MR) is 69.9 cm³/mol. The summed E-state index contributed by atoms with van der Waals surface area (Å²) in [6.45, 7) is -2.85. The largest absolute Gasteiger partial charge is 0.480 e. The van der Waals surface area contributed by atoms with Crippen LogP contribution in [0, 0.1) is 0 Å². The third-order valence-electron chi connectivity index (χ3n) is 2.50. The second kappa shape index (κ2) is 7.70. The molecule has 0 amide bonds. The Hall–Kier alpha value is -1.72. The third-order valence-corrected chi connectivity index (χ3v) is 3.90. The van der Waals surface area contributed by atoms with Crippen LogP contribution in [0.25, 0.3) is 0 Å². The number of hydrogen-bond acceptors (Lipinski definition) is 4. The van der Waals surface area contributed by atoms with Crippen molar-refractivity contribution >= 4 is 16.0 Å². The Kier molecular flexibility index (Phi) is 6.47. The Bertz CT molecular complexity index is 651. The highest BCUT2D eigenvalue weighted by molar-refractivity contribution is 7.89. The molecular weight excluding hydrogens is 346 g/mol. The van der Waals surface area contributed by atoms with Crippen LogP contribution in [0.4, 0.5) is 17.6 Å². The van der Waals surface area contributed by atoms with Crippen molar-refractivity contribution in [3.63, 3.8) is 0 Å². The first-order chi connectivity index (χ1) is 10.5. The molecule has 1 rings (SSSR count). The molecule has 11 heteroatoms. The van der Waals surface area contributed by atoms with Crippen molar-refractivity contribution in [2.24, 2.45) is 0 Å². The lowest BCUT2D eigenvalue weighted by Gasteiger charge is -2.15. The van der Waals surface area contributed by atoms with Gasteiger partial charge in [-0.05, 0) is 17.7 Å². The Morgan fingerprint density at radius 2 is 2.00 bits per heavy atom. The van der Waals surface area contributed by atoms with E-state index in [9.17, 15) is 30.8 Å². The molecule has 130 valence electrons. The lowest BCUT2D eigenvalue weighted by molar-refractivity contribution is -0.168. The molecule has 0 aliphatic carbocycles. The number of aliphatic carboxylic acids is 1. The van der Waals surface area contributed by atoms with Crippen LogP contribution in [0.3, 0.4) is 0 Å². The van der Waals surface area contributed by atoms with Crippen molar-refractivity contribution in [1.82, 2.24) is 4.72 Å². The zero-order valence-corrected chi connectivity index (χ0v) is 12.3. The summed E-state index contributed by atoms with van der Waals surface area (Å²) >= 11 is 0. The molecule has 23 heavy (non-hydrogen) atoms. The van der Waals surface area contributed by atoms with Gasteiger partial charge in [-0.15, -0.1) is 0 Å². The summed E-state index contributed by atoms with van der Waals surface area (Å²) in [5, 5.41) is 8.44. The molecule has 2 N–H and O–H groups in total. The molecular formula is C12H13F4NO5S. The number of rotatable bonds is 9. The summed E-state index contributed by atoms with van der Waals surface area (Å²) in [6, 6.07) is 4.84. The molecule has 0 aliphatic heterocycles. The highest BCUT2D eigenvalue weighted by atomic mass is 32.2. The minimum atomic E-state index is -4.30. The van der Waals surface area contributed by atoms with Crippen molar-refractivity contribution in [2.45, 2.75) is 23.9 Å². The number of alkyl halides is 4. The van der Waals surface area contributed by atoms with E-state index in [-0.39, 0.29) is 10.5 Å². The standard InChI is InChI=1S/C12H13F4NO5S/c13-11(14)12(15,16)7-22-6-8-2-1-3-9(4-8)23(20,21)17-5-10(18)19/h1-4,11,17H,5-7H2,(H,18,19). The number of halogens is 4. The SMILES string of the molecule is O=C(O)CNS(=O)(=O)c1cccc(COCC(F)(F)C(F)F)c1. The van der Waals surface area contributed by atoms with E-state index < -0.39 is 48.1 Å². The summed E-state index contributed by atoms with van der Waals surface area (Å²) in [6.07, 6.45) is -3.87. The van der Waals surface area contributed by atoms with Crippen molar-refractivity contribution in [3.05, 3.63) is 29.8 Å². The summed E-state index contributed by atoms with van der Waals surface area (Å²) in [7, 11) is -4.10. The quantitative estimate of drug-likeness (QED) is 0.652. The number of carbonyl (C=O) groups is 1. The molecule has 0 saturated carbocycles. The van der Waals surface area contributed by atoms with Crippen molar-refractivity contribution < 1.29 is 40.6 Å². The van der Waals surface area contributed by atoms with Crippen LogP contribution in [0.15, 0.2) is 29.2 Å². The van der Waals surface area contributed by atoms with E-state index in [1.165, 1.54) is 12.1 Å². The average molecular weight is 359 g/mol. The number of carboxylic acids is 1. The van der Waals surface area contributed by atoms with Gasteiger partial charge in [0.25, 0.3) is 0 Å². The van der Waals surface area contributed by atoms with E-state index >= 15 is 0 Å². The first-order valence-corrected chi connectivity index (χ1v) is 7.57. The summed E-state index contributed by atoms with van der Waals surface area (Å²) in [4.78, 5) is 10.1. The van der Waals surface area contributed by atoms with E-state index in [2.05, 4.69) is 4.74 Å². The Morgan fingerprint density at radius 1 is 1.35 bits per heavy atom. The first-order valence-electron chi connectivity index (χ1n) is 6.09. The lowest BCUT2D eigenvalue weighted by atomic mass is 10.2. The predicted octanol–water partition coefficient (Wildman–Crippen LogP) is 1.47. The van der Waals surface area contributed by atoms with Gasteiger partial charge in [0.15, 0.2) is 0 Å². The molecule has 0 spiro atoms. The number of benzene rings is 1. The molecule has 0 atom stereocenters. The van der Waals surface area contributed by atoms with Crippen molar-refractivity contribution in [3.8, 4) is 0 Å². The molecule has 6 nitrogen and oxygen atoms in total. The van der Waals surface area contributed by atoms with E-state index in [1.807, 2.05) is 4.72 Å². The minimum absolute atomic E-state index is 0.147. The second-order valence-electron chi connectivity index (χ2n) is 4.42. The Labute approximate surface area is 129 Å². The van der Waals surface area contributed by atoms with Gasteiger partial charge in [-0.2, -0.15) is 13.5 Å². The monoisotopic (exact) mass is 359 g/mol. The number of ether oxygens (including phenoxy) is 1. The second-order valence-corrected chi connectivity index (χ2v) is 6.19. The number of carboxylic acid groups (broad SMARTS) is 1. The fraction of sp³-hybridized carbons (Fsp3) is 0.417. The van der Waals surface area contributed by atoms with Crippen LogP contribution in [0.1, 0.15) is 5.56 Å². The van der Waals surface area contributed by atoms with E-state index in [4.69, 9.17) is 5.11 Å². The number of sulfonamides is 1. The van der Waals surface area contributed by atoms with Gasteiger partial charge in [-0.3, -0.25) is 4.79 Å². The highest BCUT2D eigenvalue weighted by Crippen LogP contribution is 2.23. The smallest absolute Gasteiger partial charge is 0.330 e. The zero-order chi connectivity index (χ0) is 17.7. The summed E-state index contributed by atoms with van der Waals surface area (Å²) in [5.74, 6) is -5.69. The maximum absolute atomic E-state index is 12.7. The maximum atomic E-state index is 12.7. The molecule has 1 aromatic carbocycles. The molecule has 0 bridgehead atoms. The van der Waals surface area contributed by atoms with Crippen LogP contribution >= 0.6 is 0 Å². The van der Waals surface area contributed by atoms with Crippen LogP contribution in [-0.2, 0) is 26.2 Å². The van der Waals surface area contributed by atoms with Gasteiger partial charge in [-0.1, -0.05) is 12.1 Å². The van der Waals surface area contributed by atoms with Crippen LogP contribution in [0.2, 0.25) is 0 Å². The summed E-state index contributed by atoms with van der Waals surface area (Å²) < 4.78 is 79.0. The number of nitrogens with one attached hydrogen (secondary N) is 1. The van der Waals surface area contributed by atoms with Gasteiger partial charge in [0.2, 0.25) is 10.0 Å². The molecule has 0 radical (unpaired) electrons. The molecule has 1 aromatic rings. The van der Waals surface area contributed by atoms with E-state index in [1.54, 1.807) is 0 Å². The highest BCUT2D eigenvalue weighted by Gasteiger charge is 2.40. The van der Waals surface area contributed by atoms with Gasteiger partial charge < -0.3 is 9.84 Å². The molecule has 0 fully saturated rings. The van der Waals surface area contributed by atoms with Gasteiger partial charge in [0, 0.05) is 0 Å². The normalized spacial score (nSPS) is 12.6. The topological polar surface area (TPSA) is 92.7 Å². The molecule has 0 heterocycles. The Morgan fingerprint density at radius 3 is 2.57 bits per heavy atom. The lowest BCUT2D eigenvalue weighted by Crippen LogP contribution is -2.32. The van der Waals surface area contributed by atoms with Gasteiger partial charge in [0.1, 0.15) is 13.2 Å². The van der Waals surface area contributed by atoms with E-state index in [0.717, 1.165) is 12.1 Å². The van der Waals surface area contributed by atoms with Gasteiger partial charge in [0.05, 0.1) is 11.5 Å². The minimum Gasteiger partial charge on any atom is -0.480 e. The van der Waals surface area contributed by atoms with Crippen LogP contribution in [-0.4, -0.2) is 45.0 Å². The first kappa shape index (κ1) is 19.3. The molecule has 0 aromatic heterocycles. The van der Waals surface area contributed by atoms with Crippen molar-refractivity contribution in [2.75, 3.05) is 13.2 Å². The zero-order valence-electron chi connectivity index (χ0n) is 11.5. The average Bonchev–Trinajstić information content (AvgIpc) is 2.45. The van der Waals surface area contributed by atoms with Crippen molar-refractivity contribution in [1.29, 1.82) is 0 Å². The summed E-state index contributed by atoms with van der Waals surface area (Å²) in [5.41, 5.74) is 0.147. The molecule has 0 saturated heterocycles. The molecule has 0 unspecified atom stereocenters. The fourth-order valence-corrected chi connectivity index (χ4v) is 2.45. The fourth-order valence-electron chi connectivity index (χ4n) is 1.41. The number of hydrogen-bond donors (Lipinski definition) is 2. The van der Waals surface area contributed by atoms with Crippen LogP contribution < -0.4 is 4.72 Å². The maximum Gasteiger partial charge on any atom is 0.330 e. The Balaban J connectivity index is 2.72. The van der Waals surface area contributed by atoms with Gasteiger partial charge >= 0.3 is 18.3 Å².